The first-order valence-electron chi connectivity index (χ1n) is 7.68. The van der Waals surface area contributed by atoms with Gasteiger partial charge in [0.05, 0.1) is 0 Å². The summed E-state index contributed by atoms with van der Waals surface area (Å²) in [5.41, 5.74) is 3.12. The van der Waals surface area contributed by atoms with Crippen LogP contribution in [0.5, 0.6) is 0 Å². The van der Waals surface area contributed by atoms with Crippen LogP contribution < -0.4 is 5.32 Å². The fourth-order valence-corrected chi connectivity index (χ4v) is 5.12. The molecule has 0 aliphatic heterocycles. The molecular weight excluding hydrogens is 282 g/mol. The van der Waals surface area contributed by atoms with E-state index in [1.165, 1.54) is 41.0 Å². The smallest absolute Gasteiger partial charge is 0.0389 e. The van der Waals surface area contributed by atoms with E-state index in [4.69, 9.17) is 0 Å². The normalized spacial score (nSPS) is 16.1. The zero-order valence-corrected chi connectivity index (χ0v) is 14.0. The van der Waals surface area contributed by atoms with E-state index in [9.17, 15) is 0 Å². The summed E-state index contributed by atoms with van der Waals surface area (Å²) in [6.07, 6.45) is 6.49. The highest BCUT2D eigenvalue weighted by Crippen LogP contribution is 2.33. The van der Waals surface area contributed by atoms with Crippen LogP contribution in [0.4, 0.5) is 0 Å². The number of thiophene rings is 2. The summed E-state index contributed by atoms with van der Waals surface area (Å²) in [7, 11) is 0. The van der Waals surface area contributed by atoms with Gasteiger partial charge in [0.15, 0.2) is 0 Å². The molecule has 0 bridgehead atoms. The SMILES string of the molecule is CCc1ccsc1CNC(C)c1cc2c(s1)CCCC2. The second-order valence-corrected chi connectivity index (χ2v) is 7.80. The summed E-state index contributed by atoms with van der Waals surface area (Å²) < 4.78 is 0. The van der Waals surface area contributed by atoms with Crippen molar-refractivity contribution in [2.75, 3.05) is 0 Å². The Morgan fingerprint density at radius 2 is 2.15 bits per heavy atom. The molecule has 0 radical (unpaired) electrons. The van der Waals surface area contributed by atoms with Crippen molar-refractivity contribution in [1.82, 2.24) is 5.32 Å². The van der Waals surface area contributed by atoms with Crippen LogP contribution in [0.3, 0.4) is 0 Å². The van der Waals surface area contributed by atoms with Crippen molar-refractivity contribution >= 4 is 22.7 Å². The molecule has 2 aromatic rings. The van der Waals surface area contributed by atoms with Gasteiger partial charge in [0.2, 0.25) is 0 Å². The van der Waals surface area contributed by atoms with Crippen molar-refractivity contribution in [2.24, 2.45) is 0 Å². The fourth-order valence-electron chi connectivity index (χ4n) is 2.91. The lowest BCUT2D eigenvalue weighted by Gasteiger charge is -2.12. The van der Waals surface area contributed by atoms with Crippen molar-refractivity contribution in [2.45, 2.75) is 58.5 Å². The fraction of sp³-hybridized carbons (Fsp3) is 0.529. The van der Waals surface area contributed by atoms with Crippen molar-refractivity contribution in [3.05, 3.63) is 43.3 Å². The van der Waals surface area contributed by atoms with E-state index in [2.05, 4.69) is 36.7 Å². The summed E-state index contributed by atoms with van der Waals surface area (Å²) >= 11 is 3.91. The summed E-state index contributed by atoms with van der Waals surface area (Å²) in [5.74, 6) is 0. The second kappa shape index (κ2) is 6.42. The van der Waals surface area contributed by atoms with Gasteiger partial charge >= 0.3 is 0 Å². The average Bonchev–Trinajstić information content (AvgIpc) is 3.10. The van der Waals surface area contributed by atoms with Gasteiger partial charge in [-0.25, -0.2) is 0 Å². The highest BCUT2D eigenvalue weighted by Gasteiger charge is 2.16. The minimum absolute atomic E-state index is 0.470. The van der Waals surface area contributed by atoms with Crippen LogP contribution in [0, 0.1) is 0 Å². The Labute approximate surface area is 130 Å². The lowest BCUT2D eigenvalue weighted by atomic mass is 9.99. The van der Waals surface area contributed by atoms with Gasteiger partial charge in [-0.05, 0) is 67.7 Å². The summed E-state index contributed by atoms with van der Waals surface area (Å²) in [5, 5.41) is 5.92. The molecule has 1 N–H and O–H groups in total. The maximum Gasteiger partial charge on any atom is 0.0389 e. The largest absolute Gasteiger partial charge is 0.305 e. The summed E-state index contributed by atoms with van der Waals surface area (Å²) in [6.45, 7) is 5.55. The molecule has 1 unspecified atom stereocenters. The number of aryl methyl sites for hydroxylation is 3. The molecule has 108 valence electrons. The molecule has 20 heavy (non-hydrogen) atoms. The Morgan fingerprint density at radius 3 is 2.95 bits per heavy atom. The predicted octanol–water partition coefficient (Wildman–Crippen LogP) is 5.10. The van der Waals surface area contributed by atoms with E-state index in [1.807, 2.05) is 22.7 Å². The number of hydrogen-bond acceptors (Lipinski definition) is 3. The lowest BCUT2D eigenvalue weighted by Crippen LogP contribution is -2.17. The molecule has 0 aromatic carbocycles. The average molecular weight is 306 g/mol. The van der Waals surface area contributed by atoms with E-state index < -0.39 is 0 Å². The van der Waals surface area contributed by atoms with Crippen molar-refractivity contribution in [3.63, 3.8) is 0 Å². The molecule has 2 aromatic heterocycles. The Kier molecular flexibility index (Phi) is 4.59. The topological polar surface area (TPSA) is 12.0 Å². The van der Waals surface area contributed by atoms with Crippen molar-refractivity contribution in [1.29, 1.82) is 0 Å². The predicted molar refractivity (Wildman–Crippen MR) is 89.9 cm³/mol. The lowest BCUT2D eigenvalue weighted by molar-refractivity contribution is 0.585. The minimum Gasteiger partial charge on any atom is -0.305 e. The molecule has 1 atom stereocenters. The number of fused-ring (bicyclic) bond motifs is 1. The molecular formula is C17H23NS2. The van der Waals surface area contributed by atoms with E-state index in [1.54, 1.807) is 10.4 Å². The third-order valence-corrected chi connectivity index (χ3v) is 6.61. The van der Waals surface area contributed by atoms with Crippen LogP contribution >= 0.6 is 22.7 Å². The first-order chi connectivity index (χ1) is 9.78. The number of rotatable bonds is 5. The van der Waals surface area contributed by atoms with Crippen LogP contribution in [0.2, 0.25) is 0 Å². The zero-order valence-electron chi connectivity index (χ0n) is 12.4. The van der Waals surface area contributed by atoms with Gasteiger partial charge in [-0.1, -0.05) is 6.92 Å². The summed E-state index contributed by atoms with van der Waals surface area (Å²) in [4.78, 5) is 4.66. The van der Waals surface area contributed by atoms with Crippen LogP contribution in [-0.2, 0) is 25.8 Å². The van der Waals surface area contributed by atoms with Crippen LogP contribution in [0.15, 0.2) is 17.5 Å². The van der Waals surface area contributed by atoms with E-state index in [-0.39, 0.29) is 0 Å². The second-order valence-electron chi connectivity index (χ2n) is 5.63. The maximum atomic E-state index is 3.71. The van der Waals surface area contributed by atoms with Gasteiger partial charge in [-0.2, -0.15) is 0 Å². The first kappa shape index (κ1) is 14.3. The van der Waals surface area contributed by atoms with Gasteiger partial charge in [0.25, 0.3) is 0 Å². The van der Waals surface area contributed by atoms with Gasteiger partial charge in [-0.15, -0.1) is 22.7 Å². The van der Waals surface area contributed by atoms with Gasteiger partial charge in [0, 0.05) is 27.2 Å². The maximum absolute atomic E-state index is 3.71. The minimum atomic E-state index is 0.470. The van der Waals surface area contributed by atoms with E-state index in [0.29, 0.717) is 6.04 Å². The monoisotopic (exact) mass is 305 g/mol. The van der Waals surface area contributed by atoms with E-state index in [0.717, 1.165) is 13.0 Å². The van der Waals surface area contributed by atoms with Gasteiger partial charge < -0.3 is 5.32 Å². The molecule has 1 nitrogen and oxygen atoms in total. The van der Waals surface area contributed by atoms with Gasteiger partial charge in [-0.3, -0.25) is 0 Å². The molecule has 3 heteroatoms. The standard InChI is InChI=1S/C17H23NS2/c1-3-13-8-9-19-17(13)11-18-12(2)16-10-14-6-4-5-7-15(14)20-16/h8-10,12,18H,3-7,11H2,1-2H3. The molecule has 1 aliphatic rings. The van der Waals surface area contributed by atoms with Crippen LogP contribution in [0.1, 0.15) is 58.5 Å². The number of hydrogen-bond donors (Lipinski definition) is 1. The Hall–Kier alpha value is -0.640. The third-order valence-electron chi connectivity index (χ3n) is 4.23. The summed E-state index contributed by atoms with van der Waals surface area (Å²) in [6, 6.07) is 5.18. The highest BCUT2D eigenvalue weighted by atomic mass is 32.1. The quantitative estimate of drug-likeness (QED) is 0.810. The molecule has 0 saturated heterocycles. The van der Waals surface area contributed by atoms with Crippen LogP contribution in [-0.4, -0.2) is 0 Å². The Morgan fingerprint density at radius 1 is 1.30 bits per heavy atom. The molecule has 0 fully saturated rings. The molecule has 3 rings (SSSR count). The van der Waals surface area contributed by atoms with Crippen molar-refractivity contribution < 1.29 is 0 Å². The molecule has 1 aliphatic carbocycles. The van der Waals surface area contributed by atoms with Gasteiger partial charge in [0.1, 0.15) is 0 Å². The Bertz CT molecular complexity index is 544. The van der Waals surface area contributed by atoms with E-state index >= 15 is 0 Å². The molecule has 0 saturated carbocycles. The number of nitrogens with one attached hydrogen (secondary N) is 1. The van der Waals surface area contributed by atoms with Crippen LogP contribution in [0.25, 0.3) is 0 Å². The molecule has 2 heterocycles. The third kappa shape index (κ3) is 3.00. The molecule has 0 amide bonds. The molecule has 0 spiro atoms. The highest BCUT2D eigenvalue weighted by molar-refractivity contribution is 7.12. The van der Waals surface area contributed by atoms with Crippen molar-refractivity contribution in [3.8, 4) is 0 Å². The first-order valence-corrected chi connectivity index (χ1v) is 9.37. The zero-order chi connectivity index (χ0) is 13.9. The Balaban J connectivity index is 1.64.